The van der Waals surface area contributed by atoms with Gasteiger partial charge in [0.25, 0.3) is 0 Å². The molecular formula is C13H14BrN. The van der Waals surface area contributed by atoms with Crippen LogP contribution in [0.3, 0.4) is 0 Å². The maximum absolute atomic E-state index is 3.47. The summed E-state index contributed by atoms with van der Waals surface area (Å²) < 4.78 is 1.16. The lowest BCUT2D eigenvalue weighted by atomic mass is 9.98. The third-order valence-corrected chi connectivity index (χ3v) is 4.03. The lowest BCUT2D eigenvalue weighted by Crippen LogP contribution is -2.09. The molecule has 0 bridgehead atoms. The molecule has 0 spiro atoms. The third kappa shape index (κ3) is 1.77. The molecule has 2 atom stereocenters. The van der Waals surface area contributed by atoms with Crippen LogP contribution in [0.4, 0.5) is 0 Å². The second-order valence-electron chi connectivity index (χ2n) is 4.49. The van der Waals surface area contributed by atoms with E-state index in [1.54, 1.807) is 5.57 Å². The van der Waals surface area contributed by atoms with E-state index in [0.717, 1.165) is 16.3 Å². The van der Waals surface area contributed by atoms with Crippen LogP contribution in [-0.4, -0.2) is 13.1 Å². The Bertz CT molecular complexity index is 394. The summed E-state index contributed by atoms with van der Waals surface area (Å²) in [4.78, 5) is 0. The Kier molecular flexibility index (Phi) is 2.41. The van der Waals surface area contributed by atoms with Crippen molar-refractivity contribution in [3.05, 3.63) is 40.4 Å². The Morgan fingerprint density at radius 3 is 2.67 bits per heavy atom. The second kappa shape index (κ2) is 3.76. The van der Waals surface area contributed by atoms with E-state index in [-0.39, 0.29) is 0 Å². The summed E-state index contributed by atoms with van der Waals surface area (Å²) >= 11 is 3.47. The molecule has 1 aliphatic carbocycles. The Morgan fingerprint density at radius 1 is 1.13 bits per heavy atom. The highest BCUT2D eigenvalue weighted by Gasteiger charge is 2.31. The van der Waals surface area contributed by atoms with Gasteiger partial charge in [-0.3, -0.25) is 0 Å². The highest BCUT2D eigenvalue weighted by Crippen LogP contribution is 2.38. The molecule has 0 amide bonds. The fourth-order valence-corrected chi connectivity index (χ4v) is 2.92. The van der Waals surface area contributed by atoms with Crippen molar-refractivity contribution in [1.29, 1.82) is 0 Å². The molecule has 2 heteroatoms. The number of halogens is 1. The number of rotatable bonds is 1. The van der Waals surface area contributed by atoms with E-state index in [4.69, 9.17) is 0 Å². The van der Waals surface area contributed by atoms with E-state index in [9.17, 15) is 0 Å². The Morgan fingerprint density at radius 2 is 1.93 bits per heavy atom. The summed E-state index contributed by atoms with van der Waals surface area (Å²) in [7, 11) is 0. The fraction of sp³-hybridized carbons (Fsp3) is 0.385. The molecule has 1 aromatic rings. The standard InChI is InChI=1S/C13H14BrN/c14-13-3-1-9(2-4-13)10-5-11-7-15-8-12(11)6-10/h1-5,11-12,15H,6-8H2/t11-,12+/m1/s1. The molecule has 0 unspecified atom stereocenters. The van der Waals surface area contributed by atoms with Crippen LogP contribution >= 0.6 is 15.9 Å². The lowest BCUT2D eigenvalue weighted by Gasteiger charge is -2.06. The molecule has 78 valence electrons. The van der Waals surface area contributed by atoms with Gasteiger partial charge in [-0.15, -0.1) is 0 Å². The summed E-state index contributed by atoms with van der Waals surface area (Å²) in [5.74, 6) is 1.63. The maximum Gasteiger partial charge on any atom is 0.0175 e. The number of fused-ring (bicyclic) bond motifs is 1. The topological polar surface area (TPSA) is 12.0 Å². The number of nitrogens with one attached hydrogen (secondary N) is 1. The van der Waals surface area contributed by atoms with Crippen LogP contribution in [0, 0.1) is 11.8 Å². The van der Waals surface area contributed by atoms with E-state index in [1.807, 2.05) is 0 Å². The molecule has 15 heavy (non-hydrogen) atoms. The minimum Gasteiger partial charge on any atom is -0.316 e. The van der Waals surface area contributed by atoms with Crippen molar-refractivity contribution in [2.24, 2.45) is 11.8 Å². The van der Waals surface area contributed by atoms with Crippen LogP contribution in [0.25, 0.3) is 5.57 Å². The SMILES string of the molecule is Brc1ccc(C2=C[C@@H]3CNC[C@@H]3C2)cc1. The predicted molar refractivity (Wildman–Crippen MR) is 66.6 cm³/mol. The first kappa shape index (κ1) is 9.61. The second-order valence-corrected chi connectivity index (χ2v) is 5.40. The average Bonchev–Trinajstić information content (AvgIpc) is 2.78. The minimum absolute atomic E-state index is 0.781. The van der Waals surface area contributed by atoms with Gasteiger partial charge < -0.3 is 5.32 Å². The van der Waals surface area contributed by atoms with E-state index in [1.165, 1.54) is 25.1 Å². The minimum atomic E-state index is 0.781. The van der Waals surface area contributed by atoms with E-state index in [2.05, 4.69) is 51.6 Å². The predicted octanol–water partition coefficient (Wildman–Crippen LogP) is 3.07. The number of hydrogen-bond donors (Lipinski definition) is 1. The molecule has 3 rings (SSSR count). The van der Waals surface area contributed by atoms with Gasteiger partial charge in [-0.05, 0) is 48.1 Å². The summed E-state index contributed by atoms with van der Waals surface area (Å²) in [6, 6.07) is 8.68. The van der Waals surface area contributed by atoms with Crippen molar-refractivity contribution < 1.29 is 0 Å². The van der Waals surface area contributed by atoms with Crippen LogP contribution in [-0.2, 0) is 0 Å². The molecule has 1 nitrogen and oxygen atoms in total. The van der Waals surface area contributed by atoms with Crippen LogP contribution < -0.4 is 5.32 Å². The molecule has 0 aromatic heterocycles. The van der Waals surface area contributed by atoms with Crippen LogP contribution in [0.1, 0.15) is 12.0 Å². The molecule has 1 fully saturated rings. The van der Waals surface area contributed by atoms with E-state index >= 15 is 0 Å². The molecule has 1 aliphatic heterocycles. The first-order valence-electron chi connectivity index (χ1n) is 5.50. The fourth-order valence-electron chi connectivity index (χ4n) is 2.66. The zero-order chi connectivity index (χ0) is 10.3. The van der Waals surface area contributed by atoms with Gasteiger partial charge in [-0.2, -0.15) is 0 Å². The van der Waals surface area contributed by atoms with Crippen molar-refractivity contribution in [1.82, 2.24) is 5.32 Å². The van der Waals surface area contributed by atoms with E-state index < -0.39 is 0 Å². The third-order valence-electron chi connectivity index (χ3n) is 3.50. The Hall–Kier alpha value is -0.600. The smallest absolute Gasteiger partial charge is 0.0175 e. The van der Waals surface area contributed by atoms with Gasteiger partial charge in [0.2, 0.25) is 0 Å². The summed E-state index contributed by atoms with van der Waals surface area (Å²) in [6.45, 7) is 2.37. The summed E-state index contributed by atoms with van der Waals surface area (Å²) in [5, 5.41) is 3.45. The van der Waals surface area contributed by atoms with Crippen molar-refractivity contribution in [2.45, 2.75) is 6.42 Å². The zero-order valence-electron chi connectivity index (χ0n) is 8.54. The van der Waals surface area contributed by atoms with Crippen LogP contribution in [0.2, 0.25) is 0 Å². The quantitative estimate of drug-likeness (QED) is 0.822. The van der Waals surface area contributed by atoms with Gasteiger partial charge in [-0.25, -0.2) is 0 Å². The summed E-state index contributed by atoms with van der Waals surface area (Å²) in [5.41, 5.74) is 2.94. The van der Waals surface area contributed by atoms with Gasteiger partial charge in [0.1, 0.15) is 0 Å². The first-order chi connectivity index (χ1) is 7.33. The average molecular weight is 264 g/mol. The molecular weight excluding hydrogens is 250 g/mol. The molecule has 1 aromatic carbocycles. The van der Waals surface area contributed by atoms with Crippen molar-refractivity contribution in [2.75, 3.05) is 13.1 Å². The van der Waals surface area contributed by atoms with Gasteiger partial charge in [-0.1, -0.05) is 34.1 Å². The van der Waals surface area contributed by atoms with Gasteiger partial charge >= 0.3 is 0 Å². The Balaban J connectivity index is 1.87. The maximum atomic E-state index is 3.47. The Labute approximate surface area is 98.7 Å². The number of hydrogen-bond acceptors (Lipinski definition) is 1. The highest BCUT2D eigenvalue weighted by atomic mass is 79.9. The normalized spacial score (nSPS) is 29.0. The van der Waals surface area contributed by atoms with Crippen LogP contribution in [0.15, 0.2) is 34.8 Å². The van der Waals surface area contributed by atoms with Crippen molar-refractivity contribution in [3.8, 4) is 0 Å². The van der Waals surface area contributed by atoms with E-state index in [0.29, 0.717) is 0 Å². The highest BCUT2D eigenvalue weighted by molar-refractivity contribution is 9.10. The molecule has 2 aliphatic rings. The molecule has 1 saturated heterocycles. The van der Waals surface area contributed by atoms with Crippen LogP contribution in [0.5, 0.6) is 0 Å². The zero-order valence-corrected chi connectivity index (χ0v) is 10.1. The van der Waals surface area contributed by atoms with Gasteiger partial charge in [0.15, 0.2) is 0 Å². The molecule has 1 N–H and O–H groups in total. The largest absolute Gasteiger partial charge is 0.316 e. The number of allylic oxidation sites excluding steroid dienone is 1. The summed E-state index contributed by atoms with van der Waals surface area (Å²) in [6.07, 6.45) is 3.72. The van der Waals surface area contributed by atoms with Gasteiger partial charge in [0.05, 0.1) is 0 Å². The lowest BCUT2D eigenvalue weighted by molar-refractivity contribution is 0.536. The molecule has 0 radical (unpaired) electrons. The monoisotopic (exact) mass is 263 g/mol. The number of benzene rings is 1. The first-order valence-corrected chi connectivity index (χ1v) is 6.29. The van der Waals surface area contributed by atoms with Gasteiger partial charge in [0, 0.05) is 11.0 Å². The van der Waals surface area contributed by atoms with Crippen molar-refractivity contribution >= 4 is 21.5 Å². The van der Waals surface area contributed by atoms with Crippen molar-refractivity contribution in [3.63, 3.8) is 0 Å². The molecule has 0 saturated carbocycles. The molecule has 1 heterocycles.